The van der Waals surface area contributed by atoms with Gasteiger partial charge in [-0.2, -0.15) is 5.21 Å². The summed E-state index contributed by atoms with van der Waals surface area (Å²) >= 11 is 0. The molecule has 0 saturated carbocycles. The molecule has 1 aromatic heterocycles. The molecule has 2 unspecified atom stereocenters. The number of aliphatic hydroxyl groups excluding tert-OH is 1. The van der Waals surface area contributed by atoms with Crippen molar-refractivity contribution in [1.82, 2.24) is 20.6 Å². The fraction of sp³-hybridized carbons (Fsp3) is 0.200. The van der Waals surface area contributed by atoms with Gasteiger partial charge in [-0.3, -0.25) is 14.9 Å². The standard InChI is InChI=1S/C15H13N5O4/c1-9(21)15(20(23)24)8-11(14-16-18-19-17-14)7-12(13(15)22)10-5-3-2-4-6-10/h2-8,13,22H,1H3,(H,16,17,18,19). The number of carbonyl (C=O) groups is 1. The number of hydrogen-bond donors (Lipinski definition) is 2. The zero-order valence-electron chi connectivity index (χ0n) is 12.6. The molecule has 2 N–H and O–H groups in total. The van der Waals surface area contributed by atoms with Crippen LogP contribution in [0.1, 0.15) is 18.3 Å². The number of aromatic nitrogens is 4. The van der Waals surface area contributed by atoms with E-state index >= 15 is 0 Å². The molecule has 3 rings (SSSR count). The van der Waals surface area contributed by atoms with Crippen molar-refractivity contribution in [3.8, 4) is 0 Å². The summed E-state index contributed by atoms with van der Waals surface area (Å²) in [6.45, 7) is 1.07. The first-order valence-electron chi connectivity index (χ1n) is 7.04. The van der Waals surface area contributed by atoms with Gasteiger partial charge < -0.3 is 5.11 Å². The van der Waals surface area contributed by atoms with Crippen molar-refractivity contribution < 1.29 is 14.8 Å². The van der Waals surface area contributed by atoms with Crippen LogP contribution < -0.4 is 0 Å². The number of hydrogen-bond acceptors (Lipinski definition) is 7. The Labute approximate surface area is 135 Å². The number of rotatable bonds is 4. The van der Waals surface area contributed by atoms with Gasteiger partial charge in [-0.25, -0.2) is 0 Å². The lowest BCUT2D eigenvalue weighted by Crippen LogP contribution is -2.55. The van der Waals surface area contributed by atoms with Gasteiger partial charge in [-0.1, -0.05) is 30.3 Å². The van der Waals surface area contributed by atoms with Gasteiger partial charge in [0.05, 0.1) is 0 Å². The molecule has 1 aliphatic rings. The van der Waals surface area contributed by atoms with E-state index in [-0.39, 0.29) is 17.0 Å². The second-order valence-electron chi connectivity index (χ2n) is 5.34. The molecule has 0 fully saturated rings. The lowest BCUT2D eigenvalue weighted by molar-refractivity contribution is -0.546. The Bertz CT molecular complexity index is 828. The molecule has 0 radical (unpaired) electrons. The first-order valence-corrected chi connectivity index (χ1v) is 7.04. The zero-order chi connectivity index (χ0) is 17.3. The summed E-state index contributed by atoms with van der Waals surface area (Å²) in [4.78, 5) is 23.1. The van der Waals surface area contributed by atoms with E-state index in [0.717, 1.165) is 13.0 Å². The number of nitrogens with zero attached hydrogens (tertiary/aromatic N) is 4. The second kappa shape index (κ2) is 5.78. The molecule has 0 amide bonds. The molecule has 2 atom stereocenters. The molecule has 9 heteroatoms. The van der Waals surface area contributed by atoms with E-state index in [1.54, 1.807) is 30.3 Å². The van der Waals surface area contributed by atoms with E-state index in [2.05, 4.69) is 20.6 Å². The van der Waals surface area contributed by atoms with Crippen molar-refractivity contribution in [3.63, 3.8) is 0 Å². The highest BCUT2D eigenvalue weighted by Gasteiger charge is 2.56. The monoisotopic (exact) mass is 327 g/mol. The molecule has 2 aromatic rings. The smallest absolute Gasteiger partial charge is 0.327 e. The van der Waals surface area contributed by atoms with Crippen LogP contribution in [0, 0.1) is 10.1 Å². The number of aliphatic hydroxyl groups is 1. The summed E-state index contributed by atoms with van der Waals surface area (Å²) in [6.07, 6.45) is 0.968. The molecule has 122 valence electrons. The predicted octanol–water partition coefficient (Wildman–Crippen LogP) is 0.646. The van der Waals surface area contributed by atoms with Crippen molar-refractivity contribution in [2.45, 2.75) is 18.6 Å². The first-order chi connectivity index (χ1) is 11.5. The van der Waals surface area contributed by atoms with Crippen molar-refractivity contribution in [3.05, 3.63) is 64.0 Å². The molecule has 0 aliphatic heterocycles. The van der Waals surface area contributed by atoms with Crippen molar-refractivity contribution in [2.24, 2.45) is 0 Å². The number of tetrazole rings is 1. The Kier molecular flexibility index (Phi) is 3.78. The predicted molar refractivity (Wildman–Crippen MR) is 83.0 cm³/mol. The summed E-state index contributed by atoms with van der Waals surface area (Å²) in [5.74, 6) is -0.690. The normalized spacial score (nSPS) is 23.3. The fourth-order valence-corrected chi connectivity index (χ4v) is 2.70. The number of Topliss-reactive ketones (excluding diaryl/α,β-unsaturated/α-hetero) is 1. The Morgan fingerprint density at radius 2 is 2.08 bits per heavy atom. The van der Waals surface area contributed by atoms with E-state index in [4.69, 9.17) is 0 Å². The Morgan fingerprint density at radius 1 is 1.38 bits per heavy atom. The number of aromatic amines is 1. The third-order valence-corrected chi connectivity index (χ3v) is 3.97. The van der Waals surface area contributed by atoms with E-state index in [0.29, 0.717) is 5.56 Å². The van der Waals surface area contributed by atoms with Gasteiger partial charge in [0, 0.05) is 23.5 Å². The topological polar surface area (TPSA) is 135 Å². The number of nitro groups is 1. The highest BCUT2D eigenvalue weighted by molar-refractivity contribution is 5.98. The summed E-state index contributed by atoms with van der Waals surface area (Å²) < 4.78 is 0. The van der Waals surface area contributed by atoms with Crippen molar-refractivity contribution >= 4 is 16.9 Å². The number of allylic oxidation sites excluding steroid dienone is 2. The van der Waals surface area contributed by atoms with Gasteiger partial charge in [0.15, 0.2) is 6.10 Å². The van der Waals surface area contributed by atoms with Crippen LogP contribution in [0.2, 0.25) is 0 Å². The number of nitrogens with one attached hydrogen (secondary N) is 1. The maximum absolute atomic E-state index is 12.1. The third-order valence-electron chi connectivity index (χ3n) is 3.97. The molecule has 9 nitrogen and oxygen atoms in total. The van der Waals surface area contributed by atoms with Crippen LogP contribution in [-0.4, -0.2) is 48.1 Å². The number of carbonyl (C=O) groups excluding carboxylic acids is 1. The Morgan fingerprint density at radius 3 is 2.62 bits per heavy atom. The maximum atomic E-state index is 12.1. The molecular formula is C15H13N5O4. The lowest BCUT2D eigenvalue weighted by Gasteiger charge is -2.30. The number of benzene rings is 1. The molecule has 0 saturated heterocycles. The Balaban J connectivity index is 2.25. The second-order valence-corrected chi connectivity index (χ2v) is 5.34. The first kappa shape index (κ1) is 15.7. The lowest BCUT2D eigenvalue weighted by atomic mass is 9.76. The summed E-state index contributed by atoms with van der Waals surface area (Å²) in [6, 6.07) is 8.63. The van der Waals surface area contributed by atoms with Crippen molar-refractivity contribution in [2.75, 3.05) is 0 Å². The highest BCUT2D eigenvalue weighted by atomic mass is 16.6. The van der Waals surface area contributed by atoms with Crippen LogP contribution in [0.25, 0.3) is 11.1 Å². The average molecular weight is 327 g/mol. The van der Waals surface area contributed by atoms with Crippen LogP contribution in [0.15, 0.2) is 42.5 Å². The minimum atomic E-state index is -2.31. The van der Waals surface area contributed by atoms with Gasteiger partial charge in [0.25, 0.3) is 0 Å². The van der Waals surface area contributed by atoms with Crippen LogP contribution in [0.3, 0.4) is 0 Å². The van der Waals surface area contributed by atoms with Gasteiger partial charge in [0.1, 0.15) is 0 Å². The maximum Gasteiger partial charge on any atom is 0.327 e. The van der Waals surface area contributed by atoms with Crippen LogP contribution in [-0.2, 0) is 4.79 Å². The SMILES string of the molecule is CC(=O)C1([N+](=O)[O-])C=C(c2nn[nH]n2)C=C(c2ccccc2)C1O. The highest BCUT2D eigenvalue weighted by Crippen LogP contribution is 2.38. The molecule has 1 heterocycles. The quantitative estimate of drug-likeness (QED) is 0.621. The minimum absolute atomic E-state index is 0.0998. The summed E-state index contributed by atoms with van der Waals surface area (Å²) in [5.41, 5.74) is -1.27. The number of ketones is 1. The van der Waals surface area contributed by atoms with Crippen LogP contribution >= 0.6 is 0 Å². The van der Waals surface area contributed by atoms with E-state index in [9.17, 15) is 20.0 Å². The molecular weight excluding hydrogens is 314 g/mol. The van der Waals surface area contributed by atoms with Crippen LogP contribution in [0.4, 0.5) is 0 Å². The summed E-state index contributed by atoms with van der Waals surface area (Å²) in [5, 5.41) is 35.7. The van der Waals surface area contributed by atoms with E-state index in [1.807, 2.05) is 0 Å². The van der Waals surface area contributed by atoms with Gasteiger partial charge in [-0.05, 0) is 22.4 Å². The molecule has 0 spiro atoms. The largest absolute Gasteiger partial charge is 0.380 e. The van der Waals surface area contributed by atoms with Gasteiger partial charge in [-0.15, -0.1) is 10.2 Å². The van der Waals surface area contributed by atoms with E-state index < -0.39 is 22.3 Å². The summed E-state index contributed by atoms with van der Waals surface area (Å²) in [7, 11) is 0. The third kappa shape index (κ3) is 2.31. The van der Waals surface area contributed by atoms with Crippen molar-refractivity contribution in [1.29, 1.82) is 0 Å². The molecule has 1 aliphatic carbocycles. The van der Waals surface area contributed by atoms with Crippen LogP contribution in [0.5, 0.6) is 0 Å². The molecule has 24 heavy (non-hydrogen) atoms. The zero-order valence-corrected chi connectivity index (χ0v) is 12.6. The van der Waals surface area contributed by atoms with Gasteiger partial charge in [0.2, 0.25) is 11.6 Å². The fourth-order valence-electron chi connectivity index (χ4n) is 2.70. The molecule has 1 aromatic carbocycles. The Hall–Kier alpha value is -3.20. The van der Waals surface area contributed by atoms with Gasteiger partial charge >= 0.3 is 5.54 Å². The molecule has 0 bridgehead atoms. The average Bonchev–Trinajstić information content (AvgIpc) is 3.10. The number of H-pyrrole nitrogens is 1. The van der Waals surface area contributed by atoms with E-state index in [1.165, 1.54) is 6.08 Å². The minimum Gasteiger partial charge on any atom is -0.380 e.